The Hall–Kier alpha value is -4.33. The molecule has 0 saturated carbocycles. The lowest BCUT2D eigenvalue weighted by Crippen LogP contribution is -2.47. The highest BCUT2D eigenvalue weighted by molar-refractivity contribution is 5.96. The third kappa shape index (κ3) is 9.18. The van der Waals surface area contributed by atoms with E-state index in [0.717, 1.165) is 11.1 Å². The monoisotopic (exact) mass is 661 g/mol. The van der Waals surface area contributed by atoms with Crippen molar-refractivity contribution in [2.75, 3.05) is 34.4 Å². The van der Waals surface area contributed by atoms with Gasteiger partial charge in [-0.3, -0.25) is 19.2 Å². The lowest BCUT2D eigenvalue weighted by molar-refractivity contribution is -0.181. The standard InChI is InChI=1S/C36H47N5O7/c1-22(43)32-31(21-42)48-41(33(32)35(37)45)19-26-12-9-13-30(34(26)47-5)27-14-25(18-38-23(2)44)15-28(17-27)36(46)39-29(20-40(3)4)16-24-10-7-6-8-11-24/h6-15,17,22,29,31-33,42-43H,16,18-21H2,1-5H3,(H2,37,45)(H,38,44)(H,39,46)/t22-,29-,31-,32-,33-/m0/s1. The molecule has 0 radical (unpaired) electrons. The predicted molar refractivity (Wildman–Crippen MR) is 182 cm³/mol. The van der Waals surface area contributed by atoms with E-state index >= 15 is 0 Å². The van der Waals surface area contributed by atoms with Crippen molar-refractivity contribution >= 4 is 17.7 Å². The molecular weight excluding hydrogens is 614 g/mol. The number of carbonyl (C=O) groups is 3. The molecule has 0 bridgehead atoms. The summed E-state index contributed by atoms with van der Waals surface area (Å²) in [6, 6.07) is 19.8. The minimum absolute atomic E-state index is 0.0645. The van der Waals surface area contributed by atoms with Crippen LogP contribution >= 0.6 is 0 Å². The Labute approximate surface area is 281 Å². The van der Waals surface area contributed by atoms with Gasteiger partial charge in [-0.2, -0.15) is 5.06 Å². The summed E-state index contributed by atoms with van der Waals surface area (Å²) in [5, 5.41) is 27.7. The first kappa shape index (κ1) is 36.5. The van der Waals surface area contributed by atoms with Gasteiger partial charge in [-0.15, -0.1) is 0 Å². The van der Waals surface area contributed by atoms with Crippen LogP contribution < -0.4 is 21.1 Å². The maximum Gasteiger partial charge on any atom is 0.251 e. The van der Waals surface area contributed by atoms with Crippen LogP contribution in [0, 0.1) is 5.92 Å². The van der Waals surface area contributed by atoms with Crippen LogP contribution in [-0.4, -0.2) is 96.5 Å². The zero-order valence-corrected chi connectivity index (χ0v) is 28.2. The smallest absolute Gasteiger partial charge is 0.251 e. The molecule has 0 aromatic heterocycles. The van der Waals surface area contributed by atoms with E-state index in [-0.39, 0.29) is 30.9 Å². The number of rotatable bonds is 15. The van der Waals surface area contributed by atoms with Crippen LogP contribution in [0.1, 0.15) is 40.9 Å². The van der Waals surface area contributed by atoms with Gasteiger partial charge in [0.2, 0.25) is 11.8 Å². The van der Waals surface area contributed by atoms with Crippen molar-refractivity contribution in [1.82, 2.24) is 20.6 Å². The molecular formula is C36H47N5O7. The van der Waals surface area contributed by atoms with E-state index in [9.17, 15) is 24.6 Å². The number of para-hydroxylation sites is 1. The molecule has 1 aliphatic rings. The summed E-state index contributed by atoms with van der Waals surface area (Å²) >= 11 is 0. The van der Waals surface area contributed by atoms with Gasteiger partial charge < -0.3 is 36.2 Å². The first-order valence-corrected chi connectivity index (χ1v) is 16.0. The van der Waals surface area contributed by atoms with E-state index in [4.69, 9.17) is 15.3 Å². The van der Waals surface area contributed by atoms with E-state index in [0.29, 0.717) is 41.0 Å². The molecule has 6 N–H and O–H groups in total. The van der Waals surface area contributed by atoms with Gasteiger partial charge in [0.1, 0.15) is 17.9 Å². The number of nitrogens with two attached hydrogens (primary N) is 1. The summed E-state index contributed by atoms with van der Waals surface area (Å²) in [5.74, 6) is -1.40. The highest BCUT2D eigenvalue weighted by Crippen LogP contribution is 2.38. The van der Waals surface area contributed by atoms with Crippen LogP contribution in [-0.2, 0) is 33.9 Å². The Balaban J connectivity index is 1.70. The first-order chi connectivity index (χ1) is 22.9. The summed E-state index contributed by atoms with van der Waals surface area (Å²) in [5.41, 5.74) is 9.98. The number of ether oxygens (including phenoxy) is 1. The molecule has 0 spiro atoms. The van der Waals surface area contributed by atoms with Crippen molar-refractivity contribution in [2.24, 2.45) is 11.7 Å². The number of likely N-dealkylation sites (N-methyl/N-ethyl adjacent to an activating group) is 1. The number of hydroxylamine groups is 2. The number of hydrogen-bond acceptors (Lipinski definition) is 9. The van der Waals surface area contributed by atoms with Crippen LogP contribution in [0.15, 0.2) is 66.7 Å². The Bertz CT molecular complexity index is 1570. The molecule has 1 fully saturated rings. The van der Waals surface area contributed by atoms with Crippen LogP contribution in [0.5, 0.6) is 5.75 Å². The van der Waals surface area contributed by atoms with Crippen LogP contribution in [0.2, 0.25) is 0 Å². The number of aliphatic hydroxyl groups excluding tert-OH is 2. The minimum atomic E-state index is -0.988. The normalized spacial score (nSPS) is 19.1. The minimum Gasteiger partial charge on any atom is -0.496 e. The second-order valence-corrected chi connectivity index (χ2v) is 12.5. The lowest BCUT2D eigenvalue weighted by atomic mass is 9.89. The van der Waals surface area contributed by atoms with Gasteiger partial charge in [0.25, 0.3) is 5.91 Å². The van der Waals surface area contributed by atoms with E-state index < -0.39 is 36.7 Å². The molecule has 1 saturated heterocycles. The predicted octanol–water partition coefficient (Wildman–Crippen LogP) is 1.86. The van der Waals surface area contributed by atoms with Crippen molar-refractivity contribution in [3.63, 3.8) is 0 Å². The Morgan fingerprint density at radius 3 is 2.40 bits per heavy atom. The molecule has 3 aromatic carbocycles. The zero-order valence-electron chi connectivity index (χ0n) is 28.2. The number of nitrogens with one attached hydrogen (secondary N) is 2. The first-order valence-electron chi connectivity index (χ1n) is 16.0. The summed E-state index contributed by atoms with van der Waals surface area (Å²) in [4.78, 5) is 46.1. The molecule has 258 valence electrons. The van der Waals surface area contributed by atoms with Crippen molar-refractivity contribution in [3.8, 4) is 16.9 Å². The number of nitrogens with zero attached hydrogens (tertiary/aromatic N) is 2. The van der Waals surface area contributed by atoms with Gasteiger partial charge in [-0.1, -0.05) is 48.5 Å². The SMILES string of the molecule is COc1c(CN2O[C@@H](CO)[C@H]([C@H](C)O)[C@H]2C(N)=O)cccc1-c1cc(CNC(C)=O)cc(C(=O)N[C@@H](Cc2ccccc2)CN(C)C)c1. The molecule has 3 amide bonds. The molecule has 48 heavy (non-hydrogen) atoms. The van der Waals surface area contributed by atoms with Gasteiger partial charge in [0, 0.05) is 48.7 Å². The van der Waals surface area contributed by atoms with Crippen molar-refractivity contribution in [2.45, 2.75) is 57.6 Å². The number of aliphatic hydroxyl groups is 2. The Morgan fingerprint density at radius 1 is 1.06 bits per heavy atom. The summed E-state index contributed by atoms with van der Waals surface area (Å²) in [7, 11) is 5.45. The van der Waals surface area contributed by atoms with Crippen molar-refractivity contribution in [3.05, 3.63) is 89.0 Å². The maximum atomic E-state index is 13.8. The average Bonchev–Trinajstić information content (AvgIpc) is 3.42. The maximum absolute atomic E-state index is 13.8. The summed E-state index contributed by atoms with van der Waals surface area (Å²) < 4.78 is 5.90. The zero-order chi connectivity index (χ0) is 35.0. The summed E-state index contributed by atoms with van der Waals surface area (Å²) in [6.45, 7) is 3.47. The van der Waals surface area contributed by atoms with Gasteiger partial charge >= 0.3 is 0 Å². The van der Waals surface area contributed by atoms with E-state index in [1.165, 1.54) is 26.0 Å². The molecule has 5 atom stereocenters. The van der Waals surface area contributed by atoms with Crippen LogP contribution in [0.3, 0.4) is 0 Å². The van der Waals surface area contributed by atoms with Crippen molar-refractivity contribution in [1.29, 1.82) is 0 Å². The van der Waals surface area contributed by atoms with Crippen LogP contribution in [0.4, 0.5) is 0 Å². The average molecular weight is 662 g/mol. The van der Waals surface area contributed by atoms with Crippen molar-refractivity contribution < 1.29 is 34.2 Å². The molecule has 0 aliphatic carbocycles. The van der Waals surface area contributed by atoms with Gasteiger partial charge in [-0.05, 0) is 62.3 Å². The largest absolute Gasteiger partial charge is 0.496 e. The summed E-state index contributed by atoms with van der Waals surface area (Å²) in [6.07, 6.45) is -1.13. The van der Waals surface area contributed by atoms with Gasteiger partial charge in [0.15, 0.2) is 0 Å². The third-order valence-electron chi connectivity index (χ3n) is 8.38. The number of primary amides is 1. The topological polar surface area (TPSA) is 167 Å². The highest BCUT2D eigenvalue weighted by atomic mass is 16.7. The lowest BCUT2D eigenvalue weighted by Gasteiger charge is -2.25. The van der Waals surface area contributed by atoms with Gasteiger partial charge in [0.05, 0.1) is 26.4 Å². The number of amides is 3. The number of carbonyl (C=O) groups excluding carboxylic acids is 3. The van der Waals surface area contributed by atoms with Crippen LogP contribution in [0.25, 0.3) is 11.1 Å². The second kappa shape index (κ2) is 16.7. The fraction of sp³-hybridized carbons (Fsp3) is 0.417. The Kier molecular flexibility index (Phi) is 12.7. The number of hydrogen-bond donors (Lipinski definition) is 5. The Morgan fingerprint density at radius 2 is 1.79 bits per heavy atom. The molecule has 0 unspecified atom stereocenters. The number of methoxy groups -OCH3 is 1. The highest BCUT2D eigenvalue weighted by Gasteiger charge is 2.48. The fourth-order valence-electron chi connectivity index (χ4n) is 6.32. The molecule has 1 heterocycles. The molecule has 12 heteroatoms. The quantitative estimate of drug-likeness (QED) is 0.163. The molecule has 4 rings (SSSR count). The fourth-order valence-corrected chi connectivity index (χ4v) is 6.32. The van der Waals surface area contributed by atoms with Gasteiger partial charge in [-0.25, -0.2) is 0 Å². The third-order valence-corrected chi connectivity index (χ3v) is 8.38. The van der Waals surface area contributed by atoms with E-state index in [1.54, 1.807) is 12.1 Å². The number of benzene rings is 3. The second-order valence-electron chi connectivity index (χ2n) is 12.5. The molecule has 1 aliphatic heterocycles. The van der Waals surface area contributed by atoms with E-state index in [2.05, 4.69) is 10.6 Å². The molecule has 12 nitrogen and oxygen atoms in total. The molecule has 3 aromatic rings. The van der Waals surface area contributed by atoms with E-state index in [1.807, 2.05) is 73.6 Å².